The third-order valence-electron chi connectivity index (χ3n) is 4.83. The summed E-state index contributed by atoms with van der Waals surface area (Å²) in [7, 11) is 0. The molecule has 0 saturated carbocycles. The second kappa shape index (κ2) is 18.6. The van der Waals surface area contributed by atoms with Crippen molar-refractivity contribution < 1.29 is 9.90 Å². The monoisotopic (exact) mass is 341 g/mol. The zero-order chi connectivity index (χ0) is 17.9. The summed E-state index contributed by atoms with van der Waals surface area (Å²) in [5.74, 6) is 0. The standard InChI is InChI=1S/C21H43NO2/c1-3-5-7-9-11-13-15-17-19-22(21(23)24)20-18-16-14-12-10-8-6-4-2/h3-20H2,1-2H3,(H,23,24). The highest BCUT2D eigenvalue weighted by Gasteiger charge is 2.10. The molecule has 1 amide bonds. The van der Waals surface area contributed by atoms with Crippen molar-refractivity contribution in [3.05, 3.63) is 0 Å². The fourth-order valence-corrected chi connectivity index (χ4v) is 3.18. The summed E-state index contributed by atoms with van der Waals surface area (Å²) in [6, 6.07) is 0. The van der Waals surface area contributed by atoms with E-state index in [0.29, 0.717) is 0 Å². The highest BCUT2D eigenvalue weighted by atomic mass is 16.4. The van der Waals surface area contributed by atoms with Crippen molar-refractivity contribution in [2.24, 2.45) is 0 Å². The molecule has 0 atom stereocenters. The molecule has 0 aliphatic heterocycles. The van der Waals surface area contributed by atoms with Crippen molar-refractivity contribution in [1.82, 2.24) is 4.90 Å². The van der Waals surface area contributed by atoms with Crippen LogP contribution in [0.1, 0.15) is 117 Å². The van der Waals surface area contributed by atoms with Crippen LogP contribution in [0.3, 0.4) is 0 Å². The quantitative estimate of drug-likeness (QED) is 0.267. The minimum Gasteiger partial charge on any atom is -0.465 e. The molecule has 0 spiro atoms. The maximum absolute atomic E-state index is 11.3. The van der Waals surface area contributed by atoms with Crippen molar-refractivity contribution >= 4 is 6.09 Å². The van der Waals surface area contributed by atoms with Gasteiger partial charge in [0.15, 0.2) is 0 Å². The molecule has 0 unspecified atom stereocenters. The second-order valence-electron chi connectivity index (χ2n) is 7.22. The Kier molecular flexibility index (Phi) is 18.0. The zero-order valence-corrected chi connectivity index (χ0v) is 16.5. The number of rotatable bonds is 18. The Labute approximate surface area is 151 Å². The Bertz CT molecular complexity index is 249. The van der Waals surface area contributed by atoms with Crippen LogP contribution in [0, 0.1) is 0 Å². The normalized spacial score (nSPS) is 10.9. The molecule has 0 saturated heterocycles. The SMILES string of the molecule is CCCCCCCCCCN(CCCCCCCCCC)C(=O)O. The van der Waals surface area contributed by atoms with E-state index >= 15 is 0 Å². The summed E-state index contributed by atoms with van der Waals surface area (Å²) in [4.78, 5) is 12.9. The molecule has 0 heterocycles. The topological polar surface area (TPSA) is 40.5 Å². The first-order valence-corrected chi connectivity index (χ1v) is 10.7. The maximum atomic E-state index is 11.3. The summed E-state index contributed by atoms with van der Waals surface area (Å²) < 4.78 is 0. The van der Waals surface area contributed by atoms with Crippen LogP contribution in [0.5, 0.6) is 0 Å². The Morgan fingerprint density at radius 1 is 0.583 bits per heavy atom. The first-order chi connectivity index (χ1) is 11.7. The van der Waals surface area contributed by atoms with Gasteiger partial charge in [-0.15, -0.1) is 0 Å². The van der Waals surface area contributed by atoms with Crippen LogP contribution in [-0.4, -0.2) is 29.2 Å². The van der Waals surface area contributed by atoms with Gasteiger partial charge in [-0.05, 0) is 12.8 Å². The van der Waals surface area contributed by atoms with Gasteiger partial charge in [0.1, 0.15) is 0 Å². The fraction of sp³-hybridized carbons (Fsp3) is 0.952. The fourth-order valence-electron chi connectivity index (χ4n) is 3.18. The molecule has 0 radical (unpaired) electrons. The molecule has 144 valence electrons. The third kappa shape index (κ3) is 16.1. The molecule has 0 aliphatic rings. The Hall–Kier alpha value is -0.730. The second-order valence-corrected chi connectivity index (χ2v) is 7.22. The van der Waals surface area contributed by atoms with Crippen molar-refractivity contribution in [3.8, 4) is 0 Å². The molecule has 0 aromatic heterocycles. The van der Waals surface area contributed by atoms with Gasteiger partial charge in [0.25, 0.3) is 0 Å². The van der Waals surface area contributed by atoms with Gasteiger partial charge in [-0.1, -0.05) is 104 Å². The average molecular weight is 342 g/mol. The highest BCUT2D eigenvalue weighted by Crippen LogP contribution is 2.11. The molecular formula is C21H43NO2. The van der Waals surface area contributed by atoms with E-state index in [-0.39, 0.29) is 0 Å². The van der Waals surface area contributed by atoms with E-state index in [9.17, 15) is 9.90 Å². The highest BCUT2D eigenvalue weighted by molar-refractivity contribution is 5.64. The molecular weight excluding hydrogens is 298 g/mol. The molecule has 3 nitrogen and oxygen atoms in total. The number of hydrogen-bond donors (Lipinski definition) is 1. The van der Waals surface area contributed by atoms with Gasteiger partial charge in [0, 0.05) is 13.1 Å². The van der Waals surface area contributed by atoms with Crippen LogP contribution in [0.4, 0.5) is 4.79 Å². The van der Waals surface area contributed by atoms with Gasteiger partial charge < -0.3 is 10.0 Å². The number of hydrogen-bond acceptors (Lipinski definition) is 1. The largest absolute Gasteiger partial charge is 0.465 e. The Morgan fingerprint density at radius 2 is 0.875 bits per heavy atom. The number of nitrogens with zero attached hydrogens (tertiary/aromatic N) is 1. The van der Waals surface area contributed by atoms with E-state index in [4.69, 9.17) is 0 Å². The van der Waals surface area contributed by atoms with Gasteiger partial charge in [0.05, 0.1) is 0 Å². The molecule has 0 aromatic rings. The Morgan fingerprint density at radius 3 is 1.17 bits per heavy atom. The van der Waals surface area contributed by atoms with Crippen molar-refractivity contribution in [3.63, 3.8) is 0 Å². The number of carboxylic acid groups (broad SMARTS) is 1. The minimum absolute atomic E-state index is 0.723. The lowest BCUT2D eigenvalue weighted by Crippen LogP contribution is -2.31. The number of unbranched alkanes of at least 4 members (excludes halogenated alkanes) is 14. The van der Waals surface area contributed by atoms with E-state index in [0.717, 1.165) is 25.9 Å². The summed E-state index contributed by atoms with van der Waals surface area (Å²) in [5.41, 5.74) is 0. The minimum atomic E-state index is -0.735. The molecule has 0 fully saturated rings. The van der Waals surface area contributed by atoms with Gasteiger partial charge in [-0.25, -0.2) is 4.79 Å². The first-order valence-electron chi connectivity index (χ1n) is 10.7. The number of amides is 1. The molecule has 1 N–H and O–H groups in total. The smallest absolute Gasteiger partial charge is 0.407 e. The molecule has 0 aromatic carbocycles. The lowest BCUT2D eigenvalue weighted by Gasteiger charge is -2.19. The van der Waals surface area contributed by atoms with E-state index in [2.05, 4.69) is 13.8 Å². The molecule has 0 bridgehead atoms. The van der Waals surface area contributed by atoms with E-state index < -0.39 is 6.09 Å². The molecule has 0 rings (SSSR count). The van der Waals surface area contributed by atoms with Crippen LogP contribution < -0.4 is 0 Å². The van der Waals surface area contributed by atoms with Crippen molar-refractivity contribution in [2.75, 3.05) is 13.1 Å². The van der Waals surface area contributed by atoms with Gasteiger partial charge >= 0.3 is 6.09 Å². The number of carbonyl (C=O) groups is 1. The zero-order valence-electron chi connectivity index (χ0n) is 16.5. The van der Waals surface area contributed by atoms with Gasteiger partial charge in [0.2, 0.25) is 0 Å². The summed E-state index contributed by atoms with van der Waals surface area (Å²) in [5, 5.41) is 9.30. The summed E-state index contributed by atoms with van der Waals surface area (Å²) >= 11 is 0. The summed E-state index contributed by atoms with van der Waals surface area (Å²) in [6.45, 7) is 5.93. The molecule has 24 heavy (non-hydrogen) atoms. The van der Waals surface area contributed by atoms with Crippen LogP contribution in [0.25, 0.3) is 0 Å². The average Bonchev–Trinajstić information content (AvgIpc) is 2.57. The van der Waals surface area contributed by atoms with Crippen LogP contribution in [0.15, 0.2) is 0 Å². The van der Waals surface area contributed by atoms with Crippen LogP contribution >= 0.6 is 0 Å². The van der Waals surface area contributed by atoms with E-state index in [1.54, 1.807) is 4.90 Å². The van der Waals surface area contributed by atoms with Crippen molar-refractivity contribution in [1.29, 1.82) is 0 Å². The maximum Gasteiger partial charge on any atom is 0.407 e. The predicted molar refractivity (Wildman–Crippen MR) is 105 cm³/mol. The molecule has 0 aliphatic carbocycles. The van der Waals surface area contributed by atoms with Crippen molar-refractivity contribution in [2.45, 2.75) is 117 Å². The summed E-state index contributed by atoms with van der Waals surface area (Å²) in [6.07, 6.45) is 19.5. The first kappa shape index (κ1) is 23.3. The lowest BCUT2D eigenvalue weighted by atomic mass is 10.1. The van der Waals surface area contributed by atoms with Crippen LogP contribution in [-0.2, 0) is 0 Å². The van der Waals surface area contributed by atoms with E-state index in [1.165, 1.54) is 89.9 Å². The van der Waals surface area contributed by atoms with Gasteiger partial charge in [-0.2, -0.15) is 0 Å². The van der Waals surface area contributed by atoms with E-state index in [1.807, 2.05) is 0 Å². The lowest BCUT2D eigenvalue weighted by molar-refractivity contribution is 0.143. The molecule has 3 heteroatoms. The third-order valence-corrected chi connectivity index (χ3v) is 4.83. The predicted octanol–water partition coefficient (Wildman–Crippen LogP) is 7.25. The van der Waals surface area contributed by atoms with Gasteiger partial charge in [-0.3, -0.25) is 0 Å². The Balaban J connectivity index is 3.49. The van der Waals surface area contributed by atoms with Crippen LogP contribution in [0.2, 0.25) is 0 Å².